The van der Waals surface area contributed by atoms with E-state index in [9.17, 15) is 4.79 Å². The van der Waals surface area contributed by atoms with Gasteiger partial charge in [0.2, 0.25) is 0 Å². The van der Waals surface area contributed by atoms with Crippen molar-refractivity contribution in [2.75, 3.05) is 5.75 Å². The van der Waals surface area contributed by atoms with Crippen molar-refractivity contribution in [1.82, 2.24) is 9.88 Å². The van der Waals surface area contributed by atoms with Crippen molar-refractivity contribution in [3.05, 3.63) is 64.8 Å². The smallest absolute Gasteiger partial charge is 0.268 e. The number of hydrogen-bond donors (Lipinski definition) is 1. The van der Waals surface area contributed by atoms with Crippen LogP contribution < -0.4 is 5.32 Å². The lowest BCUT2D eigenvalue weighted by atomic mass is 10.1. The van der Waals surface area contributed by atoms with Gasteiger partial charge in [0.1, 0.15) is 5.69 Å². The Balaban J connectivity index is 1.78. The Morgan fingerprint density at radius 3 is 2.60 bits per heavy atom. The fourth-order valence-corrected chi connectivity index (χ4v) is 3.72. The van der Waals surface area contributed by atoms with Crippen LogP contribution in [0.1, 0.15) is 35.9 Å². The molecule has 3 aromatic rings. The maximum Gasteiger partial charge on any atom is 0.268 e. The molecule has 3 rings (SSSR count). The van der Waals surface area contributed by atoms with Gasteiger partial charge in [0.15, 0.2) is 0 Å². The van der Waals surface area contributed by atoms with Gasteiger partial charge in [-0.15, -0.1) is 11.8 Å². The lowest BCUT2D eigenvalue weighted by Gasteiger charge is -2.15. The first-order valence-electron chi connectivity index (χ1n) is 8.28. The van der Waals surface area contributed by atoms with Crippen LogP contribution in [0.15, 0.2) is 53.4 Å². The number of benzene rings is 2. The lowest BCUT2D eigenvalue weighted by Crippen LogP contribution is -2.28. The zero-order valence-electron chi connectivity index (χ0n) is 14.5. The molecule has 25 heavy (non-hydrogen) atoms. The predicted molar refractivity (Wildman–Crippen MR) is 107 cm³/mol. The van der Waals surface area contributed by atoms with Crippen molar-refractivity contribution in [2.45, 2.75) is 24.8 Å². The molecule has 0 bridgehead atoms. The van der Waals surface area contributed by atoms with Gasteiger partial charge in [-0.2, -0.15) is 0 Å². The van der Waals surface area contributed by atoms with Crippen LogP contribution in [0, 0.1) is 0 Å². The number of rotatable bonds is 5. The molecule has 0 aliphatic heterocycles. The van der Waals surface area contributed by atoms with Gasteiger partial charge in [0, 0.05) is 27.9 Å². The van der Waals surface area contributed by atoms with Crippen molar-refractivity contribution in [1.29, 1.82) is 0 Å². The van der Waals surface area contributed by atoms with Crippen molar-refractivity contribution < 1.29 is 4.79 Å². The molecule has 0 saturated carbocycles. The van der Waals surface area contributed by atoms with Crippen LogP contribution in [0.5, 0.6) is 0 Å². The van der Waals surface area contributed by atoms with Gasteiger partial charge < -0.3 is 9.88 Å². The van der Waals surface area contributed by atoms with E-state index < -0.39 is 0 Å². The van der Waals surface area contributed by atoms with Gasteiger partial charge in [-0.1, -0.05) is 36.7 Å². The first-order chi connectivity index (χ1) is 12.0. The topological polar surface area (TPSA) is 34.0 Å². The number of thioether (sulfide) groups is 1. The Labute approximate surface area is 157 Å². The van der Waals surface area contributed by atoms with Crippen LogP contribution in [0.4, 0.5) is 0 Å². The van der Waals surface area contributed by atoms with Crippen LogP contribution in [-0.2, 0) is 7.05 Å². The second kappa shape index (κ2) is 7.54. The van der Waals surface area contributed by atoms with Crippen molar-refractivity contribution in [2.24, 2.45) is 7.05 Å². The lowest BCUT2D eigenvalue weighted by molar-refractivity contribution is 0.0932. The highest BCUT2D eigenvalue weighted by molar-refractivity contribution is 7.99. The molecule has 0 aliphatic rings. The summed E-state index contributed by atoms with van der Waals surface area (Å²) in [5.41, 5.74) is 2.67. The summed E-state index contributed by atoms with van der Waals surface area (Å²) in [5.74, 6) is 0.964. The molecule has 0 radical (unpaired) electrons. The average molecular weight is 373 g/mol. The van der Waals surface area contributed by atoms with E-state index in [4.69, 9.17) is 11.6 Å². The molecule has 130 valence electrons. The van der Waals surface area contributed by atoms with E-state index in [2.05, 4.69) is 36.5 Å². The van der Waals surface area contributed by atoms with Crippen LogP contribution in [0.25, 0.3) is 10.9 Å². The highest BCUT2D eigenvalue weighted by atomic mass is 35.5. The number of carbonyl (C=O) groups is 1. The molecule has 0 fully saturated rings. The van der Waals surface area contributed by atoms with Crippen molar-refractivity contribution >= 4 is 40.2 Å². The number of fused-ring (bicyclic) bond motifs is 1. The molecule has 3 nitrogen and oxygen atoms in total. The Hall–Kier alpha value is -1.91. The second-order valence-corrected chi connectivity index (χ2v) is 7.76. The quantitative estimate of drug-likeness (QED) is 0.605. The third-order valence-electron chi connectivity index (χ3n) is 4.28. The Morgan fingerprint density at radius 1 is 1.20 bits per heavy atom. The minimum absolute atomic E-state index is 0.0604. The molecule has 0 aliphatic carbocycles. The summed E-state index contributed by atoms with van der Waals surface area (Å²) in [7, 11) is 1.88. The van der Waals surface area contributed by atoms with E-state index in [1.165, 1.54) is 4.90 Å². The maximum absolute atomic E-state index is 12.7. The van der Waals surface area contributed by atoms with Gasteiger partial charge in [0.25, 0.3) is 5.91 Å². The molecular formula is C20H21ClN2OS. The van der Waals surface area contributed by atoms with E-state index in [1.54, 1.807) is 0 Å². The molecule has 5 heteroatoms. The molecule has 0 saturated heterocycles. The molecule has 1 amide bonds. The normalized spacial score (nSPS) is 12.3. The van der Waals surface area contributed by atoms with Crippen molar-refractivity contribution in [3.8, 4) is 0 Å². The van der Waals surface area contributed by atoms with E-state index in [0.717, 1.165) is 22.2 Å². The van der Waals surface area contributed by atoms with Crippen LogP contribution in [0.3, 0.4) is 0 Å². The van der Waals surface area contributed by atoms with E-state index in [-0.39, 0.29) is 11.9 Å². The van der Waals surface area contributed by atoms with Gasteiger partial charge >= 0.3 is 0 Å². The van der Waals surface area contributed by atoms with Gasteiger partial charge in [-0.05, 0) is 48.6 Å². The molecule has 1 unspecified atom stereocenters. The van der Waals surface area contributed by atoms with Crippen LogP contribution >= 0.6 is 23.4 Å². The summed E-state index contributed by atoms with van der Waals surface area (Å²) >= 11 is 7.87. The Kier molecular flexibility index (Phi) is 5.40. The number of hydrogen-bond acceptors (Lipinski definition) is 2. The third-order valence-corrected chi connectivity index (χ3v) is 5.41. The molecule has 1 aromatic heterocycles. The average Bonchev–Trinajstić information content (AvgIpc) is 2.92. The third kappa shape index (κ3) is 3.86. The first kappa shape index (κ1) is 17.9. The molecule has 1 heterocycles. The molecule has 1 N–H and O–H groups in total. The second-order valence-electron chi connectivity index (χ2n) is 5.99. The summed E-state index contributed by atoms with van der Waals surface area (Å²) < 4.78 is 1.88. The molecular weight excluding hydrogens is 352 g/mol. The van der Waals surface area contributed by atoms with E-state index in [1.807, 2.05) is 54.6 Å². The highest BCUT2D eigenvalue weighted by Gasteiger charge is 2.16. The van der Waals surface area contributed by atoms with E-state index >= 15 is 0 Å². The highest BCUT2D eigenvalue weighted by Crippen LogP contribution is 2.24. The number of amides is 1. The summed E-state index contributed by atoms with van der Waals surface area (Å²) in [4.78, 5) is 13.9. The first-order valence-corrected chi connectivity index (χ1v) is 9.64. The van der Waals surface area contributed by atoms with E-state index in [0.29, 0.717) is 10.7 Å². The van der Waals surface area contributed by atoms with Gasteiger partial charge in [-0.25, -0.2) is 0 Å². The summed E-state index contributed by atoms with van der Waals surface area (Å²) in [5, 5.41) is 4.75. The fourth-order valence-electron chi connectivity index (χ4n) is 2.89. The van der Waals surface area contributed by atoms with Gasteiger partial charge in [0.05, 0.1) is 6.04 Å². The number of aromatic nitrogens is 1. The Bertz CT molecular complexity index is 902. The van der Waals surface area contributed by atoms with Gasteiger partial charge in [-0.3, -0.25) is 4.79 Å². The standard InChI is InChI=1S/C20H21ClN2OS/c1-4-25-17-9-6-14(7-10-17)13(2)22-20(24)19-11-15-5-8-16(21)12-18(15)23(19)3/h5-13H,4H2,1-3H3,(H,22,24). The number of aryl methyl sites for hydroxylation is 1. The van der Waals surface area contributed by atoms with Crippen molar-refractivity contribution in [3.63, 3.8) is 0 Å². The summed E-state index contributed by atoms with van der Waals surface area (Å²) in [6.07, 6.45) is 0. The van der Waals surface area contributed by atoms with Crippen LogP contribution in [0.2, 0.25) is 5.02 Å². The number of nitrogens with zero attached hydrogens (tertiary/aromatic N) is 1. The monoisotopic (exact) mass is 372 g/mol. The predicted octanol–water partition coefficient (Wildman–Crippen LogP) is 5.43. The molecule has 1 atom stereocenters. The molecule has 0 spiro atoms. The zero-order valence-corrected chi connectivity index (χ0v) is 16.1. The fraction of sp³-hybridized carbons (Fsp3) is 0.250. The zero-order chi connectivity index (χ0) is 18.0. The van der Waals surface area contributed by atoms with Crippen LogP contribution in [-0.4, -0.2) is 16.2 Å². The largest absolute Gasteiger partial charge is 0.344 e. The Morgan fingerprint density at radius 2 is 1.92 bits per heavy atom. The maximum atomic E-state index is 12.7. The number of halogens is 1. The summed E-state index contributed by atoms with van der Waals surface area (Å²) in [6, 6.07) is 15.8. The summed E-state index contributed by atoms with van der Waals surface area (Å²) in [6.45, 7) is 4.14. The SMILES string of the molecule is CCSc1ccc(C(C)NC(=O)c2cc3ccc(Cl)cc3n2C)cc1. The minimum atomic E-state index is -0.0886. The molecule has 2 aromatic carbocycles. The number of nitrogens with one attached hydrogen (secondary N) is 1. The number of carbonyl (C=O) groups excluding carboxylic acids is 1. The minimum Gasteiger partial charge on any atom is -0.344 e.